The molecule has 0 radical (unpaired) electrons. The molecule has 0 bridgehead atoms. The number of esters is 2. The molecule has 0 aromatic carbocycles. The highest BCUT2D eigenvalue weighted by Crippen LogP contribution is 2.22. The van der Waals surface area contributed by atoms with Gasteiger partial charge in [0.1, 0.15) is 0 Å². The van der Waals surface area contributed by atoms with Crippen molar-refractivity contribution in [1.82, 2.24) is 4.90 Å². The molecule has 0 amide bonds. The van der Waals surface area contributed by atoms with Crippen LogP contribution in [0.25, 0.3) is 0 Å². The van der Waals surface area contributed by atoms with E-state index in [1.807, 2.05) is 4.90 Å². The van der Waals surface area contributed by atoms with Gasteiger partial charge in [0.15, 0.2) is 0 Å². The fourth-order valence-electron chi connectivity index (χ4n) is 7.46. The summed E-state index contributed by atoms with van der Waals surface area (Å²) in [5, 5.41) is 31.1. The SMILES string of the molecule is CCCCCCCCC(CCCCCC)C(=O)OCCCCC(O)CN(CCO)CC(O)CCCCOC(=O)C(CCCCCC)CCCCCCCC. The first kappa shape index (κ1) is 52.8. The standard InChI is InChI=1S/C46H91NO7/c1-5-9-13-17-19-23-31-41(29-21-15-11-7-3)45(51)53-37-27-25-33-43(49)39-47(35-36-48)40-44(50)34-26-28-38-54-46(52)42(30-22-16-12-8-4)32-24-20-18-14-10-6-2/h41-44,48-50H,5-40H2,1-4H3. The molecule has 0 aliphatic heterocycles. The van der Waals surface area contributed by atoms with Gasteiger partial charge in [0, 0.05) is 19.6 Å². The molecule has 4 atom stereocenters. The van der Waals surface area contributed by atoms with E-state index in [1.165, 1.54) is 103 Å². The normalized spacial score (nSPS) is 13.9. The number of aliphatic hydroxyl groups excluding tert-OH is 3. The zero-order valence-corrected chi connectivity index (χ0v) is 36.2. The van der Waals surface area contributed by atoms with Crippen LogP contribution in [0.4, 0.5) is 0 Å². The Labute approximate surface area is 334 Å². The van der Waals surface area contributed by atoms with Gasteiger partial charge in [-0.3, -0.25) is 14.5 Å². The topological polar surface area (TPSA) is 117 Å². The van der Waals surface area contributed by atoms with E-state index in [4.69, 9.17) is 9.47 Å². The van der Waals surface area contributed by atoms with E-state index in [2.05, 4.69) is 27.7 Å². The van der Waals surface area contributed by atoms with Gasteiger partial charge in [-0.05, 0) is 64.2 Å². The van der Waals surface area contributed by atoms with Crippen LogP contribution in [0.5, 0.6) is 0 Å². The molecule has 0 rings (SSSR count). The smallest absolute Gasteiger partial charge is 0.308 e. The van der Waals surface area contributed by atoms with Gasteiger partial charge in [-0.25, -0.2) is 0 Å². The van der Waals surface area contributed by atoms with E-state index in [1.54, 1.807) is 0 Å². The van der Waals surface area contributed by atoms with Crippen LogP contribution in [0.1, 0.15) is 220 Å². The van der Waals surface area contributed by atoms with E-state index in [-0.39, 0.29) is 30.4 Å². The van der Waals surface area contributed by atoms with Crippen LogP contribution in [-0.2, 0) is 19.1 Å². The number of unbranched alkanes of at least 4 members (excludes halogenated alkanes) is 18. The average Bonchev–Trinajstić information content (AvgIpc) is 3.15. The van der Waals surface area contributed by atoms with Gasteiger partial charge in [-0.1, -0.05) is 156 Å². The summed E-state index contributed by atoms with van der Waals surface area (Å²) < 4.78 is 11.4. The Balaban J connectivity index is 4.45. The fraction of sp³-hybridized carbons (Fsp3) is 0.957. The summed E-state index contributed by atoms with van der Waals surface area (Å²) in [6.07, 6.45) is 30.7. The minimum atomic E-state index is -0.579. The van der Waals surface area contributed by atoms with Crippen molar-refractivity contribution >= 4 is 11.9 Å². The number of nitrogens with zero attached hydrogens (tertiary/aromatic N) is 1. The van der Waals surface area contributed by atoms with Crippen molar-refractivity contribution in [1.29, 1.82) is 0 Å². The molecule has 322 valence electrons. The molecule has 0 aromatic rings. The third-order valence-electron chi connectivity index (χ3n) is 11.0. The monoisotopic (exact) mass is 770 g/mol. The Hall–Kier alpha value is -1.22. The highest BCUT2D eigenvalue weighted by atomic mass is 16.5. The van der Waals surface area contributed by atoms with Gasteiger partial charge < -0.3 is 24.8 Å². The number of aliphatic hydroxyl groups is 3. The number of carbonyl (C=O) groups is 2. The van der Waals surface area contributed by atoms with E-state index in [9.17, 15) is 24.9 Å². The average molecular weight is 770 g/mol. The van der Waals surface area contributed by atoms with Crippen LogP contribution in [0.2, 0.25) is 0 Å². The van der Waals surface area contributed by atoms with Crippen LogP contribution in [0.3, 0.4) is 0 Å². The molecule has 8 nitrogen and oxygen atoms in total. The first-order valence-electron chi connectivity index (χ1n) is 23.3. The summed E-state index contributed by atoms with van der Waals surface area (Å²) in [7, 11) is 0. The highest BCUT2D eigenvalue weighted by Gasteiger charge is 2.21. The van der Waals surface area contributed by atoms with E-state index < -0.39 is 12.2 Å². The minimum Gasteiger partial charge on any atom is -0.465 e. The maximum atomic E-state index is 12.9. The van der Waals surface area contributed by atoms with Crippen molar-refractivity contribution in [2.24, 2.45) is 11.8 Å². The second-order valence-electron chi connectivity index (χ2n) is 16.3. The van der Waals surface area contributed by atoms with Crippen molar-refractivity contribution in [2.45, 2.75) is 233 Å². The summed E-state index contributed by atoms with van der Waals surface area (Å²) in [6, 6.07) is 0. The Morgan fingerprint density at radius 2 is 0.741 bits per heavy atom. The predicted molar refractivity (Wildman–Crippen MR) is 226 cm³/mol. The van der Waals surface area contributed by atoms with E-state index >= 15 is 0 Å². The Morgan fingerprint density at radius 3 is 1.07 bits per heavy atom. The second kappa shape index (κ2) is 40.0. The third kappa shape index (κ3) is 33.0. The number of carbonyl (C=O) groups excluding carboxylic acids is 2. The molecule has 0 saturated carbocycles. The summed E-state index contributed by atoms with van der Waals surface area (Å²) >= 11 is 0. The first-order chi connectivity index (χ1) is 26.3. The molecular weight excluding hydrogens is 679 g/mol. The molecule has 0 saturated heterocycles. The van der Waals surface area contributed by atoms with Crippen molar-refractivity contribution in [3.8, 4) is 0 Å². The quantitative estimate of drug-likeness (QED) is 0.0415. The van der Waals surface area contributed by atoms with E-state index in [0.29, 0.717) is 58.5 Å². The van der Waals surface area contributed by atoms with Crippen molar-refractivity contribution in [2.75, 3.05) is 39.5 Å². The van der Waals surface area contributed by atoms with Crippen molar-refractivity contribution in [3.63, 3.8) is 0 Å². The van der Waals surface area contributed by atoms with Crippen LogP contribution in [-0.4, -0.2) is 83.8 Å². The third-order valence-corrected chi connectivity index (χ3v) is 11.0. The fourth-order valence-corrected chi connectivity index (χ4v) is 7.46. The highest BCUT2D eigenvalue weighted by molar-refractivity contribution is 5.72. The molecule has 0 aliphatic rings. The maximum absolute atomic E-state index is 12.9. The molecule has 8 heteroatoms. The Morgan fingerprint density at radius 1 is 0.444 bits per heavy atom. The predicted octanol–water partition coefficient (Wildman–Crippen LogP) is 11.1. The van der Waals surface area contributed by atoms with Crippen molar-refractivity contribution in [3.05, 3.63) is 0 Å². The zero-order valence-electron chi connectivity index (χ0n) is 36.2. The lowest BCUT2D eigenvalue weighted by molar-refractivity contribution is -0.150. The van der Waals surface area contributed by atoms with Crippen molar-refractivity contribution < 1.29 is 34.4 Å². The molecule has 3 N–H and O–H groups in total. The van der Waals surface area contributed by atoms with Gasteiger partial charge in [-0.2, -0.15) is 0 Å². The maximum Gasteiger partial charge on any atom is 0.308 e. The Bertz CT molecular complexity index is 750. The molecule has 0 spiro atoms. The largest absolute Gasteiger partial charge is 0.465 e. The summed E-state index contributed by atoms with van der Waals surface area (Å²) in [5.74, 6) is -0.0895. The van der Waals surface area contributed by atoms with Gasteiger partial charge in [0.2, 0.25) is 0 Å². The summed E-state index contributed by atoms with van der Waals surface area (Å²) in [5.41, 5.74) is 0. The zero-order chi connectivity index (χ0) is 39.9. The molecule has 0 fully saturated rings. The minimum absolute atomic E-state index is 0.00397. The molecule has 0 aliphatic carbocycles. The summed E-state index contributed by atoms with van der Waals surface area (Å²) in [6.45, 7) is 10.8. The van der Waals surface area contributed by atoms with Gasteiger partial charge >= 0.3 is 11.9 Å². The van der Waals surface area contributed by atoms with Gasteiger partial charge in [0.25, 0.3) is 0 Å². The Kier molecular flexibility index (Phi) is 39.1. The lowest BCUT2D eigenvalue weighted by Gasteiger charge is -2.26. The number of hydrogen-bond acceptors (Lipinski definition) is 8. The first-order valence-corrected chi connectivity index (χ1v) is 23.3. The van der Waals surface area contributed by atoms with E-state index in [0.717, 1.165) is 64.2 Å². The number of hydrogen-bond donors (Lipinski definition) is 3. The van der Waals surface area contributed by atoms with Crippen LogP contribution >= 0.6 is 0 Å². The van der Waals surface area contributed by atoms with Crippen LogP contribution in [0.15, 0.2) is 0 Å². The second-order valence-corrected chi connectivity index (χ2v) is 16.3. The van der Waals surface area contributed by atoms with Crippen LogP contribution in [0, 0.1) is 11.8 Å². The lowest BCUT2D eigenvalue weighted by Crippen LogP contribution is -2.39. The number of ether oxygens (including phenoxy) is 2. The van der Waals surface area contributed by atoms with Gasteiger partial charge in [-0.15, -0.1) is 0 Å². The van der Waals surface area contributed by atoms with Crippen LogP contribution < -0.4 is 0 Å². The van der Waals surface area contributed by atoms with Gasteiger partial charge in [0.05, 0.1) is 43.9 Å². The number of rotatable bonds is 42. The molecular formula is C46H91NO7. The molecule has 0 heterocycles. The molecule has 0 aromatic heterocycles. The lowest BCUT2D eigenvalue weighted by atomic mass is 9.94. The molecule has 54 heavy (non-hydrogen) atoms. The molecule has 4 unspecified atom stereocenters. The summed E-state index contributed by atoms with van der Waals surface area (Å²) in [4.78, 5) is 27.8.